The summed E-state index contributed by atoms with van der Waals surface area (Å²) in [4.78, 5) is 30.7. The van der Waals surface area contributed by atoms with Gasteiger partial charge in [0, 0.05) is 32.0 Å². The van der Waals surface area contributed by atoms with E-state index in [1.807, 2.05) is 58.6 Å². The Bertz CT molecular complexity index is 1080. The minimum absolute atomic E-state index is 0.0799. The maximum absolute atomic E-state index is 14.0. The highest BCUT2D eigenvalue weighted by Crippen LogP contribution is 2.39. The van der Waals surface area contributed by atoms with E-state index in [1.54, 1.807) is 27.7 Å². The maximum Gasteiger partial charge on any atom is 0.312 e. The van der Waals surface area contributed by atoms with Crippen molar-refractivity contribution in [1.29, 1.82) is 0 Å². The second-order valence-electron chi connectivity index (χ2n) is 15.6. The molecule has 48 heavy (non-hydrogen) atoms. The summed E-state index contributed by atoms with van der Waals surface area (Å²) in [5, 5.41) is 34.6. The van der Waals surface area contributed by atoms with Gasteiger partial charge in [0.05, 0.1) is 47.6 Å². The molecule has 3 aliphatic heterocycles. The number of hydrogen-bond donors (Lipinski definition) is 3. The summed E-state index contributed by atoms with van der Waals surface area (Å²) < 4.78 is 37.2. The molecule has 0 spiro atoms. The van der Waals surface area contributed by atoms with Gasteiger partial charge in [-0.1, -0.05) is 13.8 Å². The molecule has 3 N–H and O–H groups in total. The van der Waals surface area contributed by atoms with Crippen molar-refractivity contribution in [2.75, 3.05) is 34.8 Å². The molecule has 0 aliphatic carbocycles. The number of esters is 1. The molecule has 13 nitrogen and oxygen atoms in total. The molecule has 13 heteroatoms. The van der Waals surface area contributed by atoms with Crippen molar-refractivity contribution in [3.63, 3.8) is 0 Å². The van der Waals surface area contributed by atoms with Crippen LogP contribution >= 0.6 is 0 Å². The van der Waals surface area contributed by atoms with Crippen LogP contribution in [0.15, 0.2) is 0 Å². The molecular formula is C35H64N2O11. The summed E-state index contributed by atoms with van der Waals surface area (Å²) in [6, 6.07) is -0.681. The smallest absolute Gasteiger partial charge is 0.312 e. The SMILES string of the molecule is CO[C@]1(C)C[C@H](O[C@H]2[C@H](C)[C@@H](O[C@@H]3O[C@H](C)C[C@H](N(C)C)[C@H]3O)[C@@](C)(O)C[C@@H](C)CN(C)[C@@H](C)[C@H](C(C)=O)OC(=O)[C@@H]2C)O[C@@H](C)[C@@H]1O. The summed E-state index contributed by atoms with van der Waals surface area (Å²) in [6.07, 6.45) is -6.73. The topological polar surface area (TPSA) is 157 Å². The van der Waals surface area contributed by atoms with Crippen LogP contribution in [0.4, 0.5) is 0 Å². The molecule has 0 amide bonds. The number of aliphatic hydroxyl groups excluding tert-OH is 2. The number of rotatable bonds is 7. The fourth-order valence-electron chi connectivity index (χ4n) is 7.94. The lowest BCUT2D eigenvalue weighted by atomic mass is 9.77. The fourth-order valence-corrected chi connectivity index (χ4v) is 7.94. The summed E-state index contributed by atoms with van der Waals surface area (Å²) in [6.45, 7) is 16.4. The van der Waals surface area contributed by atoms with Crippen LogP contribution in [0.1, 0.15) is 81.6 Å². The zero-order chi connectivity index (χ0) is 36.5. The summed E-state index contributed by atoms with van der Waals surface area (Å²) in [5.41, 5.74) is -2.48. The van der Waals surface area contributed by atoms with Crippen LogP contribution < -0.4 is 0 Å². The molecule has 16 atom stereocenters. The first-order valence-corrected chi connectivity index (χ1v) is 17.5. The minimum Gasteiger partial charge on any atom is -0.452 e. The lowest BCUT2D eigenvalue weighted by Crippen LogP contribution is -2.60. The number of carbonyl (C=O) groups is 2. The number of methoxy groups -OCH3 is 1. The zero-order valence-corrected chi connectivity index (χ0v) is 31.4. The van der Waals surface area contributed by atoms with Crippen molar-refractivity contribution >= 4 is 11.8 Å². The van der Waals surface area contributed by atoms with Gasteiger partial charge in [-0.3, -0.25) is 14.5 Å². The van der Waals surface area contributed by atoms with Crippen LogP contribution in [0.5, 0.6) is 0 Å². The van der Waals surface area contributed by atoms with E-state index in [9.17, 15) is 24.9 Å². The Kier molecular flexibility index (Phi) is 14.1. The average Bonchev–Trinajstić information content (AvgIpc) is 2.99. The van der Waals surface area contributed by atoms with Crippen molar-refractivity contribution in [2.45, 2.75) is 160 Å². The van der Waals surface area contributed by atoms with Crippen molar-refractivity contribution in [2.24, 2.45) is 17.8 Å². The third-order valence-corrected chi connectivity index (χ3v) is 11.0. The second kappa shape index (κ2) is 16.4. The normalized spacial score (nSPS) is 47.5. The molecule has 3 heterocycles. The number of ketones is 1. The summed E-state index contributed by atoms with van der Waals surface area (Å²) in [5.74, 6) is -2.66. The van der Waals surface area contributed by atoms with Gasteiger partial charge < -0.3 is 48.6 Å². The van der Waals surface area contributed by atoms with Gasteiger partial charge in [0.1, 0.15) is 12.2 Å². The first kappa shape index (κ1) is 41.2. The van der Waals surface area contributed by atoms with E-state index >= 15 is 0 Å². The van der Waals surface area contributed by atoms with Crippen LogP contribution in [0, 0.1) is 17.8 Å². The number of carbonyl (C=O) groups excluding carboxylic acids is 2. The standard InChI is InChI=1S/C35H64N2O11/c1-18-15-34(8,42)31(48-33-27(39)25(36(10)11)14-19(2)44-33)20(3)28(46-26-16-35(9,43-13)30(40)24(7)45-26)21(4)32(41)47-29(23(6)38)22(5)37(12)17-18/h18-22,24-31,33,39-40,42H,14-17H2,1-13H3/t18-,19-,20+,21-,22+,24+,25+,26+,27-,28+,29-,30+,31-,33+,34+,35-/m1/s1. The van der Waals surface area contributed by atoms with Crippen molar-refractivity contribution in [3.05, 3.63) is 0 Å². The molecule has 3 fully saturated rings. The van der Waals surface area contributed by atoms with Gasteiger partial charge in [-0.05, 0) is 88.4 Å². The number of nitrogens with zero attached hydrogens (tertiary/aromatic N) is 2. The third kappa shape index (κ3) is 9.34. The molecule has 0 bridgehead atoms. The molecule has 3 rings (SSSR count). The third-order valence-electron chi connectivity index (χ3n) is 11.0. The number of hydrogen-bond acceptors (Lipinski definition) is 13. The van der Waals surface area contributed by atoms with Gasteiger partial charge in [-0.2, -0.15) is 0 Å². The highest BCUT2D eigenvalue weighted by Gasteiger charge is 2.51. The van der Waals surface area contributed by atoms with Gasteiger partial charge in [0.25, 0.3) is 0 Å². The van der Waals surface area contributed by atoms with Gasteiger partial charge in [0.15, 0.2) is 24.5 Å². The Morgan fingerprint density at radius 3 is 2.21 bits per heavy atom. The van der Waals surface area contributed by atoms with Crippen LogP contribution in [0.2, 0.25) is 0 Å². The lowest BCUT2D eigenvalue weighted by Gasteiger charge is -2.48. The van der Waals surface area contributed by atoms with E-state index in [0.717, 1.165) is 0 Å². The Morgan fingerprint density at radius 2 is 1.65 bits per heavy atom. The first-order chi connectivity index (χ1) is 22.1. The van der Waals surface area contributed by atoms with Crippen molar-refractivity contribution in [1.82, 2.24) is 9.80 Å². The Hall–Kier alpha value is -1.26. The van der Waals surface area contributed by atoms with E-state index in [2.05, 4.69) is 0 Å². The van der Waals surface area contributed by atoms with E-state index in [4.69, 9.17) is 28.4 Å². The zero-order valence-electron chi connectivity index (χ0n) is 31.4. The van der Waals surface area contributed by atoms with E-state index in [1.165, 1.54) is 14.0 Å². The Morgan fingerprint density at radius 1 is 1.02 bits per heavy atom. The van der Waals surface area contributed by atoms with Gasteiger partial charge in [-0.15, -0.1) is 0 Å². The first-order valence-electron chi connectivity index (χ1n) is 17.5. The van der Waals surface area contributed by atoms with Crippen LogP contribution in [0.3, 0.4) is 0 Å². The molecule has 280 valence electrons. The molecule has 3 aliphatic rings. The summed E-state index contributed by atoms with van der Waals surface area (Å²) >= 11 is 0. The van der Waals surface area contributed by atoms with Gasteiger partial charge in [0.2, 0.25) is 0 Å². The average molecular weight is 689 g/mol. The summed E-state index contributed by atoms with van der Waals surface area (Å²) in [7, 11) is 7.16. The van der Waals surface area contributed by atoms with Crippen LogP contribution in [-0.2, 0) is 38.0 Å². The fraction of sp³-hybridized carbons (Fsp3) is 0.943. The van der Waals surface area contributed by atoms with E-state index < -0.39 is 84.3 Å². The molecule has 0 aromatic carbocycles. The Labute approximate surface area is 287 Å². The van der Waals surface area contributed by atoms with E-state index in [0.29, 0.717) is 19.4 Å². The maximum atomic E-state index is 14.0. The monoisotopic (exact) mass is 688 g/mol. The predicted octanol–water partition coefficient (Wildman–Crippen LogP) is 1.97. The molecule has 0 radical (unpaired) electrons. The van der Waals surface area contributed by atoms with Crippen LogP contribution in [-0.4, -0.2) is 150 Å². The lowest BCUT2D eigenvalue weighted by molar-refractivity contribution is -0.317. The van der Waals surface area contributed by atoms with E-state index in [-0.39, 0.29) is 30.3 Å². The molecule has 0 unspecified atom stereocenters. The van der Waals surface area contributed by atoms with Crippen molar-refractivity contribution in [3.8, 4) is 0 Å². The highest BCUT2D eigenvalue weighted by molar-refractivity contribution is 5.84. The van der Waals surface area contributed by atoms with Gasteiger partial charge in [-0.25, -0.2) is 0 Å². The molecular weight excluding hydrogens is 624 g/mol. The molecule has 0 aromatic rings. The number of cyclic esters (lactones) is 1. The number of Topliss-reactive ketones (excluding diaryl/α,β-unsaturated/α-hetero) is 1. The predicted molar refractivity (Wildman–Crippen MR) is 178 cm³/mol. The molecule has 3 saturated heterocycles. The number of aliphatic hydroxyl groups is 3. The Balaban J connectivity index is 2.12. The largest absolute Gasteiger partial charge is 0.452 e. The quantitative estimate of drug-likeness (QED) is 0.334. The highest BCUT2D eigenvalue weighted by atomic mass is 16.7. The minimum atomic E-state index is -1.49. The molecule has 0 saturated carbocycles. The number of likely N-dealkylation sites (N-methyl/N-ethyl adjacent to an activating group) is 2. The molecule has 0 aromatic heterocycles. The van der Waals surface area contributed by atoms with Gasteiger partial charge >= 0.3 is 5.97 Å². The van der Waals surface area contributed by atoms with Crippen LogP contribution in [0.25, 0.3) is 0 Å². The van der Waals surface area contributed by atoms with Crippen molar-refractivity contribution < 1.29 is 53.3 Å². The number of ether oxygens (including phenoxy) is 6. The second-order valence-corrected chi connectivity index (χ2v) is 15.6.